The first-order valence-corrected chi connectivity index (χ1v) is 7.65. The van der Waals surface area contributed by atoms with Crippen LogP contribution in [0.25, 0.3) is 0 Å². The molecule has 0 aromatic heterocycles. The van der Waals surface area contributed by atoms with E-state index in [1.54, 1.807) is 18.2 Å². The van der Waals surface area contributed by atoms with Gasteiger partial charge in [-0.1, -0.05) is 12.1 Å². The maximum Gasteiger partial charge on any atom is 0.266 e. The molecule has 0 atom stereocenters. The number of anilines is 2. The van der Waals surface area contributed by atoms with E-state index >= 15 is 0 Å². The van der Waals surface area contributed by atoms with Gasteiger partial charge in [-0.25, -0.2) is 8.42 Å². The zero-order chi connectivity index (χ0) is 15.6. The highest BCUT2D eigenvalue weighted by Gasteiger charge is 2.23. The number of nitriles is 1. The van der Waals surface area contributed by atoms with E-state index < -0.39 is 10.0 Å². The molecule has 0 saturated carbocycles. The average molecular weight is 301 g/mol. The average Bonchev–Trinajstić information content (AvgIpc) is 2.45. The van der Waals surface area contributed by atoms with Gasteiger partial charge in [0.1, 0.15) is 4.90 Å². The Bertz CT molecular complexity index is 823. The van der Waals surface area contributed by atoms with E-state index in [1.165, 1.54) is 29.6 Å². The molecule has 108 valence electrons. The fourth-order valence-electron chi connectivity index (χ4n) is 1.96. The predicted molar refractivity (Wildman–Crippen MR) is 82.3 cm³/mol. The Labute approximate surface area is 124 Å². The quantitative estimate of drug-likeness (QED) is 0.881. The second-order valence-corrected chi connectivity index (χ2v) is 6.61. The zero-order valence-electron chi connectivity index (χ0n) is 11.7. The molecular formula is C15H15N3O2S. The Morgan fingerprint density at radius 1 is 1.19 bits per heavy atom. The molecular weight excluding hydrogens is 286 g/mol. The van der Waals surface area contributed by atoms with Crippen LogP contribution in [0.1, 0.15) is 11.1 Å². The molecule has 2 rings (SSSR count). The smallest absolute Gasteiger partial charge is 0.266 e. The lowest BCUT2D eigenvalue weighted by atomic mass is 10.2. The van der Waals surface area contributed by atoms with Gasteiger partial charge in [0.05, 0.1) is 23.0 Å². The van der Waals surface area contributed by atoms with Gasteiger partial charge in [-0.05, 0) is 42.8 Å². The number of benzene rings is 2. The molecule has 0 fully saturated rings. The molecule has 6 heteroatoms. The first-order valence-electron chi connectivity index (χ1n) is 6.21. The van der Waals surface area contributed by atoms with Crippen molar-refractivity contribution in [3.8, 4) is 6.07 Å². The molecule has 0 bridgehead atoms. The molecule has 0 unspecified atom stereocenters. The maximum atomic E-state index is 12.6. The molecule has 5 nitrogen and oxygen atoms in total. The second-order valence-electron chi connectivity index (χ2n) is 4.68. The van der Waals surface area contributed by atoms with Crippen molar-refractivity contribution in [2.75, 3.05) is 17.1 Å². The van der Waals surface area contributed by atoms with Gasteiger partial charge in [-0.2, -0.15) is 5.26 Å². The predicted octanol–water partition coefficient (Wildman–Crippen LogP) is 2.27. The Hall–Kier alpha value is -2.52. The lowest BCUT2D eigenvalue weighted by Crippen LogP contribution is -2.27. The van der Waals surface area contributed by atoms with Gasteiger partial charge < -0.3 is 5.73 Å². The summed E-state index contributed by atoms with van der Waals surface area (Å²) in [7, 11) is -2.29. The van der Waals surface area contributed by atoms with E-state index in [0.29, 0.717) is 11.3 Å². The standard InChI is InChI=1S/C15H15N3O2S/c1-11-4-3-5-13(8-11)18(2)21(19,20)15-7-6-12(10-16)9-14(15)17/h3-9H,17H2,1-2H3. The molecule has 0 heterocycles. The van der Waals surface area contributed by atoms with Crippen LogP contribution in [0.4, 0.5) is 11.4 Å². The van der Waals surface area contributed by atoms with Crippen molar-refractivity contribution in [3.63, 3.8) is 0 Å². The lowest BCUT2D eigenvalue weighted by Gasteiger charge is -2.20. The van der Waals surface area contributed by atoms with E-state index in [2.05, 4.69) is 0 Å². The summed E-state index contributed by atoms with van der Waals surface area (Å²) in [4.78, 5) is -0.00879. The molecule has 0 aliphatic heterocycles. The second kappa shape index (κ2) is 5.46. The fourth-order valence-corrected chi connectivity index (χ4v) is 3.25. The lowest BCUT2D eigenvalue weighted by molar-refractivity contribution is 0.595. The zero-order valence-corrected chi connectivity index (χ0v) is 12.6. The first kappa shape index (κ1) is 14.9. The van der Waals surface area contributed by atoms with Gasteiger partial charge in [-0.15, -0.1) is 0 Å². The van der Waals surface area contributed by atoms with Crippen molar-refractivity contribution >= 4 is 21.4 Å². The van der Waals surface area contributed by atoms with E-state index in [9.17, 15) is 8.42 Å². The minimum Gasteiger partial charge on any atom is -0.398 e. The normalized spacial score (nSPS) is 10.9. The van der Waals surface area contributed by atoms with E-state index in [-0.39, 0.29) is 10.6 Å². The van der Waals surface area contributed by atoms with Gasteiger partial charge in [0.15, 0.2) is 0 Å². The SMILES string of the molecule is Cc1cccc(N(C)S(=O)(=O)c2ccc(C#N)cc2N)c1. The number of aryl methyl sites for hydroxylation is 1. The van der Waals surface area contributed by atoms with Crippen LogP contribution in [0.2, 0.25) is 0 Å². The van der Waals surface area contributed by atoms with Crippen LogP contribution in [0, 0.1) is 18.3 Å². The van der Waals surface area contributed by atoms with E-state index in [0.717, 1.165) is 5.56 Å². The third-order valence-corrected chi connectivity index (χ3v) is 5.00. The summed E-state index contributed by atoms with van der Waals surface area (Å²) in [5, 5.41) is 8.81. The number of hydrogen-bond acceptors (Lipinski definition) is 4. The first-order chi connectivity index (χ1) is 9.86. The Balaban J connectivity index is 2.50. The number of nitrogens with two attached hydrogens (primary N) is 1. The summed E-state index contributed by atoms with van der Waals surface area (Å²) >= 11 is 0. The van der Waals surface area contributed by atoms with Crippen molar-refractivity contribution in [2.45, 2.75) is 11.8 Å². The number of sulfonamides is 1. The van der Waals surface area contributed by atoms with Gasteiger partial charge >= 0.3 is 0 Å². The Kier molecular flexibility index (Phi) is 3.87. The summed E-state index contributed by atoms with van der Waals surface area (Å²) in [6.07, 6.45) is 0. The third kappa shape index (κ3) is 2.83. The van der Waals surface area contributed by atoms with Crippen molar-refractivity contribution in [2.24, 2.45) is 0 Å². The van der Waals surface area contributed by atoms with E-state index in [4.69, 9.17) is 11.0 Å². The third-order valence-electron chi connectivity index (χ3n) is 3.14. The molecule has 2 aromatic rings. The number of hydrogen-bond donors (Lipinski definition) is 1. The van der Waals surface area contributed by atoms with Gasteiger partial charge in [0, 0.05) is 7.05 Å². The van der Waals surface area contributed by atoms with E-state index in [1.807, 2.05) is 19.1 Å². The molecule has 0 amide bonds. The summed E-state index contributed by atoms with van der Waals surface area (Å²) in [6, 6.07) is 13.2. The van der Waals surface area contributed by atoms with Crippen LogP contribution >= 0.6 is 0 Å². The van der Waals surface area contributed by atoms with Crippen molar-refractivity contribution in [1.82, 2.24) is 0 Å². The molecule has 0 aliphatic carbocycles. The molecule has 21 heavy (non-hydrogen) atoms. The summed E-state index contributed by atoms with van der Waals surface area (Å²) < 4.78 is 26.4. The summed E-state index contributed by atoms with van der Waals surface area (Å²) in [5.41, 5.74) is 7.67. The van der Waals surface area contributed by atoms with Crippen molar-refractivity contribution in [1.29, 1.82) is 5.26 Å². The van der Waals surface area contributed by atoms with Gasteiger partial charge in [0.25, 0.3) is 10.0 Å². The van der Waals surface area contributed by atoms with Crippen LogP contribution in [-0.2, 0) is 10.0 Å². The molecule has 0 aliphatic rings. The molecule has 0 radical (unpaired) electrons. The summed E-state index contributed by atoms with van der Waals surface area (Å²) in [5.74, 6) is 0. The number of nitrogens with zero attached hydrogens (tertiary/aromatic N) is 2. The van der Waals surface area contributed by atoms with Crippen LogP contribution in [0.3, 0.4) is 0 Å². The highest BCUT2D eigenvalue weighted by atomic mass is 32.2. The molecule has 0 saturated heterocycles. The number of nitrogen functional groups attached to an aromatic ring is 1. The van der Waals surface area contributed by atoms with Crippen LogP contribution in [0.5, 0.6) is 0 Å². The minimum atomic E-state index is -3.77. The van der Waals surface area contributed by atoms with Crippen LogP contribution in [-0.4, -0.2) is 15.5 Å². The fraction of sp³-hybridized carbons (Fsp3) is 0.133. The monoisotopic (exact) mass is 301 g/mol. The van der Waals surface area contributed by atoms with Crippen molar-refractivity contribution < 1.29 is 8.42 Å². The van der Waals surface area contributed by atoms with Gasteiger partial charge in [0.2, 0.25) is 0 Å². The topological polar surface area (TPSA) is 87.2 Å². The van der Waals surface area contributed by atoms with Crippen LogP contribution in [0.15, 0.2) is 47.4 Å². The maximum absolute atomic E-state index is 12.6. The van der Waals surface area contributed by atoms with Crippen LogP contribution < -0.4 is 10.0 Å². The number of rotatable bonds is 3. The Morgan fingerprint density at radius 2 is 1.90 bits per heavy atom. The highest BCUT2D eigenvalue weighted by Crippen LogP contribution is 2.26. The largest absolute Gasteiger partial charge is 0.398 e. The molecule has 2 N–H and O–H groups in total. The molecule has 0 spiro atoms. The minimum absolute atomic E-state index is 0.00879. The highest BCUT2D eigenvalue weighted by molar-refractivity contribution is 7.93. The Morgan fingerprint density at radius 3 is 2.48 bits per heavy atom. The molecule has 2 aromatic carbocycles. The van der Waals surface area contributed by atoms with Crippen molar-refractivity contribution in [3.05, 3.63) is 53.6 Å². The summed E-state index contributed by atoms with van der Waals surface area (Å²) in [6.45, 7) is 1.89. The van der Waals surface area contributed by atoms with Gasteiger partial charge in [-0.3, -0.25) is 4.31 Å².